The smallest absolute Gasteiger partial charge is 0.254 e. The predicted octanol–water partition coefficient (Wildman–Crippen LogP) is 1.89. The maximum Gasteiger partial charge on any atom is 0.254 e. The van der Waals surface area contributed by atoms with Crippen molar-refractivity contribution in [2.75, 3.05) is 46.4 Å². The van der Waals surface area contributed by atoms with Crippen molar-refractivity contribution in [1.82, 2.24) is 15.1 Å². The van der Waals surface area contributed by atoms with Gasteiger partial charge in [0.2, 0.25) is 0 Å². The number of methoxy groups -OCH3 is 1. The van der Waals surface area contributed by atoms with Crippen LogP contribution in [-0.4, -0.2) is 68.1 Å². The minimum Gasteiger partial charge on any atom is -0.495 e. The van der Waals surface area contributed by atoms with Crippen molar-refractivity contribution in [3.63, 3.8) is 0 Å². The zero-order valence-electron chi connectivity index (χ0n) is 13.3. The average Bonchev–Trinajstić information content (AvgIpc) is 3.05. The van der Waals surface area contributed by atoms with E-state index in [1.165, 1.54) is 0 Å². The highest BCUT2D eigenvalue weighted by Crippen LogP contribution is 2.26. The van der Waals surface area contributed by atoms with Crippen LogP contribution in [0.1, 0.15) is 16.8 Å². The molecule has 23 heavy (non-hydrogen) atoms. The van der Waals surface area contributed by atoms with E-state index in [9.17, 15) is 4.79 Å². The van der Waals surface area contributed by atoms with Crippen LogP contribution >= 0.6 is 24.0 Å². The highest BCUT2D eigenvalue weighted by atomic mass is 35.5. The summed E-state index contributed by atoms with van der Waals surface area (Å²) in [6.45, 7) is 5.85. The van der Waals surface area contributed by atoms with E-state index >= 15 is 0 Å². The molecule has 0 aliphatic carbocycles. The Labute approximate surface area is 148 Å². The summed E-state index contributed by atoms with van der Waals surface area (Å²) < 4.78 is 5.20. The van der Waals surface area contributed by atoms with Gasteiger partial charge in [0.1, 0.15) is 5.75 Å². The molecule has 1 unspecified atom stereocenters. The second-order valence-corrected chi connectivity index (χ2v) is 6.24. The fraction of sp³-hybridized carbons (Fsp3) is 0.562. The standard InChI is InChI=1S/C16H22ClN3O2.ClH/c1-22-15-10-12(2-3-14(15)17)16(21)20-7-4-13(11-20)19-8-5-18-6-9-19;/h2-3,10,13,18H,4-9,11H2,1H3;1H. The van der Waals surface area contributed by atoms with E-state index < -0.39 is 0 Å². The first-order valence-electron chi connectivity index (χ1n) is 7.76. The largest absolute Gasteiger partial charge is 0.495 e. The van der Waals surface area contributed by atoms with E-state index in [0.717, 1.165) is 45.7 Å². The monoisotopic (exact) mass is 359 g/mol. The molecule has 0 spiro atoms. The van der Waals surface area contributed by atoms with Crippen LogP contribution in [0.4, 0.5) is 0 Å². The van der Waals surface area contributed by atoms with Crippen LogP contribution < -0.4 is 10.1 Å². The van der Waals surface area contributed by atoms with Gasteiger partial charge in [0.25, 0.3) is 5.91 Å². The van der Waals surface area contributed by atoms with Crippen molar-refractivity contribution in [3.8, 4) is 5.75 Å². The maximum absolute atomic E-state index is 12.7. The van der Waals surface area contributed by atoms with Crippen molar-refractivity contribution < 1.29 is 9.53 Å². The first-order chi connectivity index (χ1) is 10.7. The topological polar surface area (TPSA) is 44.8 Å². The fourth-order valence-electron chi connectivity index (χ4n) is 3.25. The molecule has 2 aliphatic rings. The van der Waals surface area contributed by atoms with Crippen molar-refractivity contribution in [1.29, 1.82) is 0 Å². The number of halogens is 2. The molecule has 1 aromatic carbocycles. The molecular formula is C16H23Cl2N3O2. The Hall–Kier alpha value is -1.01. The number of nitrogens with zero attached hydrogens (tertiary/aromatic N) is 2. The van der Waals surface area contributed by atoms with Crippen molar-refractivity contribution in [2.45, 2.75) is 12.5 Å². The van der Waals surface area contributed by atoms with E-state index in [1.807, 2.05) is 4.90 Å². The number of likely N-dealkylation sites (tertiary alicyclic amines) is 1. The Morgan fingerprint density at radius 1 is 1.30 bits per heavy atom. The van der Waals surface area contributed by atoms with Crippen LogP contribution in [0.5, 0.6) is 5.75 Å². The molecule has 5 nitrogen and oxygen atoms in total. The number of hydrogen-bond acceptors (Lipinski definition) is 4. The molecule has 0 radical (unpaired) electrons. The highest BCUT2D eigenvalue weighted by molar-refractivity contribution is 6.32. The summed E-state index contributed by atoms with van der Waals surface area (Å²) in [6, 6.07) is 5.70. The lowest BCUT2D eigenvalue weighted by Gasteiger charge is -2.32. The van der Waals surface area contributed by atoms with Gasteiger partial charge in [-0.3, -0.25) is 9.69 Å². The van der Waals surface area contributed by atoms with E-state index in [2.05, 4.69) is 10.2 Å². The summed E-state index contributed by atoms with van der Waals surface area (Å²) in [5, 5.41) is 3.89. The lowest BCUT2D eigenvalue weighted by atomic mass is 10.2. The van der Waals surface area contributed by atoms with Crippen LogP contribution in [0, 0.1) is 0 Å². The molecule has 3 rings (SSSR count). The molecule has 7 heteroatoms. The second-order valence-electron chi connectivity index (χ2n) is 5.83. The third-order valence-corrected chi connectivity index (χ3v) is 4.83. The number of hydrogen-bond donors (Lipinski definition) is 1. The Bertz CT molecular complexity index is 550. The highest BCUT2D eigenvalue weighted by Gasteiger charge is 2.31. The van der Waals surface area contributed by atoms with Crippen molar-refractivity contribution in [3.05, 3.63) is 28.8 Å². The van der Waals surface area contributed by atoms with Gasteiger partial charge in [-0.05, 0) is 24.6 Å². The SMILES string of the molecule is COc1cc(C(=O)N2CCC(N3CCNCC3)C2)ccc1Cl.Cl. The first kappa shape index (κ1) is 18.3. The normalized spacial score (nSPS) is 21.8. The van der Waals surface area contributed by atoms with Gasteiger partial charge in [-0.2, -0.15) is 0 Å². The molecule has 2 saturated heterocycles. The van der Waals surface area contributed by atoms with Crippen LogP contribution in [0.3, 0.4) is 0 Å². The molecule has 128 valence electrons. The van der Waals surface area contributed by atoms with Crippen LogP contribution in [0.25, 0.3) is 0 Å². The van der Waals surface area contributed by atoms with Gasteiger partial charge in [0.15, 0.2) is 0 Å². The van der Waals surface area contributed by atoms with Gasteiger partial charge in [0, 0.05) is 50.9 Å². The molecule has 1 N–H and O–H groups in total. The number of carbonyl (C=O) groups is 1. The first-order valence-corrected chi connectivity index (χ1v) is 8.14. The lowest BCUT2D eigenvalue weighted by molar-refractivity contribution is 0.0773. The van der Waals surface area contributed by atoms with Gasteiger partial charge < -0.3 is 15.0 Å². The van der Waals surface area contributed by atoms with Crippen molar-refractivity contribution in [2.24, 2.45) is 0 Å². The molecule has 1 aromatic rings. The Balaban J connectivity index is 0.00000192. The molecule has 2 heterocycles. The van der Waals surface area contributed by atoms with Crippen LogP contribution in [0.15, 0.2) is 18.2 Å². The summed E-state index contributed by atoms with van der Waals surface area (Å²) in [7, 11) is 1.56. The minimum atomic E-state index is 0. The average molecular weight is 360 g/mol. The summed E-state index contributed by atoms with van der Waals surface area (Å²) in [4.78, 5) is 17.1. The number of piperazine rings is 1. The molecule has 0 aromatic heterocycles. The molecule has 0 bridgehead atoms. The fourth-order valence-corrected chi connectivity index (χ4v) is 3.44. The number of carbonyl (C=O) groups excluding carboxylic acids is 1. The van der Waals surface area contributed by atoms with Gasteiger partial charge in [-0.25, -0.2) is 0 Å². The number of ether oxygens (including phenoxy) is 1. The maximum atomic E-state index is 12.7. The van der Waals surface area contributed by atoms with Gasteiger partial charge in [-0.15, -0.1) is 12.4 Å². The van der Waals surface area contributed by atoms with E-state index in [0.29, 0.717) is 22.4 Å². The number of amides is 1. The summed E-state index contributed by atoms with van der Waals surface area (Å²) in [5.41, 5.74) is 0.641. The quantitative estimate of drug-likeness (QED) is 0.894. The third-order valence-electron chi connectivity index (χ3n) is 4.52. The molecular weight excluding hydrogens is 337 g/mol. The number of rotatable bonds is 3. The van der Waals surface area contributed by atoms with E-state index in [-0.39, 0.29) is 18.3 Å². The lowest BCUT2D eigenvalue weighted by Crippen LogP contribution is -2.49. The number of benzene rings is 1. The Morgan fingerprint density at radius 3 is 2.74 bits per heavy atom. The summed E-state index contributed by atoms with van der Waals surface area (Å²) in [5.74, 6) is 0.609. The predicted molar refractivity (Wildman–Crippen MR) is 94.0 cm³/mol. The second kappa shape index (κ2) is 8.20. The minimum absolute atomic E-state index is 0. The zero-order valence-corrected chi connectivity index (χ0v) is 14.8. The van der Waals surface area contributed by atoms with E-state index in [4.69, 9.17) is 16.3 Å². The van der Waals surface area contributed by atoms with E-state index in [1.54, 1.807) is 25.3 Å². The summed E-state index contributed by atoms with van der Waals surface area (Å²) >= 11 is 6.02. The molecule has 0 saturated carbocycles. The molecule has 2 aliphatic heterocycles. The van der Waals surface area contributed by atoms with Gasteiger partial charge >= 0.3 is 0 Å². The summed E-state index contributed by atoms with van der Waals surface area (Å²) in [6.07, 6.45) is 1.05. The van der Waals surface area contributed by atoms with Crippen LogP contribution in [0.2, 0.25) is 5.02 Å². The van der Waals surface area contributed by atoms with Crippen LogP contribution in [-0.2, 0) is 0 Å². The number of nitrogens with one attached hydrogen (secondary N) is 1. The molecule has 1 atom stereocenters. The van der Waals surface area contributed by atoms with Crippen molar-refractivity contribution >= 4 is 29.9 Å². The molecule has 2 fully saturated rings. The van der Waals surface area contributed by atoms with Gasteiger partial charge in [0.05, 0.1) is 12.1 Å². The molecule has 1 amide bonds. The third kappa shape index (κ3) is 4.10. The van der Waals surface area contributed by atoms with Gasteiger partial charge in [-0.1, -0.05) is 11.6 Å². The Morgan fingerprint density at radius 2 is 2.04 bits per heavy atom. The Kier molecular flexibility index (Phi) is 6.53. The zero-order chi connectivity index (χ0) is 15.5.